The van der Waals surface area contributed by atoms with Gasteiger partial charge in [-0.1, -0.05) is 15.9 Å². The zero-order chi connectivity index (χ0) is 10.1. The standard InChI is InChI=1S/C8H12BrN3O/c1-5-4-6(12-11-5)10-7(13)8(2,3)9/h4H,1-3H3,(H2,10,11,12,13). The summed E-state index contributed by atoms with van der Waals surface area (Å²) < 4.78 is -0.570. The SMILES string of the molecule is Cc1cc(NC(=O)C(C)(C)Br)n[nH]1. The van der Waals surface area contributed by atoms with Gasteiger partial charge in [-0.2, -0.15) is 5.10 Å². The number of rotatable bonds is 2. The van der Waals surface area contributed by atoms with Crippen LogP contribution in [-0.4, -0.2) is 20.4 Å². The molecule has 5 heteroatoms. The molecule has 0 aliphatic carbocycles. The van der Waals surface area contributed by atoms with Gasteiger partial charge in [-0.3, -0.25) is 9.89 Å². The van der Waals surface area contributed by atoms with Gasteiger partial charge >= 0.3 is 0 Å². The van der Waals surface area contributed by atoms with Crippen molar-refractivity contribution in [3.63, 3.8) is 0 Å². The maximum absolute atomic E-state index is 11.4. The number of aromatic nitrogens is 2. The number of H-pyrrole nitrogens is 1. The highest BCUT2D eigenvalue weighted by Crippen LogP contribution is 2.18. The fraction of sp³-hybridized carbons (Fsp3) is 0.500. The normalized spacial score (nSPS) is 11.4. The molecule has 1 amide bonds. The lowest BCUT2D eigenvalue weighted by Gasteiger charge is -2.13. The number of alkyl halides is 1. The lowest BCUT2D eigenvalue weighted by Crippen LogP contribution is -2.31. The summed E-state index contributed by atoms with van der Waals surface area (Å²) >= 11 is 3.26. The minimum atomic E-state index is -0.570. The van der Waals surface area contributed by atoms with Crippen LogP contribution >= 0.6 is 15.9 Å². The van der Waals surface area contributed by atoms with E-state index in [4.69, 9.17) is 0 Å². The van der Waals surface area contributed by atoms with Crippen LogP contribution in [0.5, 0.6) is 0 Å². The number of carbonyl (C=O) groups is 1. The first-order valence-electron chi connectivity index (χ1n) is 3.92. The van der Waals surface area contributed by atoms with Gasteiger partial charge in [-0.25, -0.2) is 0 Å². The first-order chi connectivity index (χ1) is 5.89. The van der Waals surface area contributed by atoms with Crippen molar-refractivity contribution in [3.8, 4) is 0 Å². The second-order valence-electron chi connectivity index (χ2n) is 3.36. The number of hydrogen-bond donors (Lipinski definition) is 2. The van der Waals surface area contributed by atoms with Gasteiger partial charge in [0.2, 0.25) is 5.91 Å². The average molecular weight is 246 g/mol. The fourth-order valence-electron chi connectivity index (χ4n) is 0.747. The molecule has 72 valence electrons. The Bertz CT molecular complexity index is 313. The minimum absolute atomic E-state index is 0.112. The van der Waals surface area contributed by atoms with Gasteiger partial charge in [-0.15, -0.1) is 0 Å². The van der Waals surface area contributed by atoms with E-state index >= 15 is 0 Å². The van der Waals surface area contributed by atoms with E-state index in [0.717, 1.165) is 5.69 Å². The second kappa shape index (κ2) is 3.49. The molecular weight excluding hydrogens is 234 g/mol. The van der Waals surface area contributed by atoms with Crippen molar-refractivity contribution < 1.29 is 4.79 Å². The number of amides is 1. The zero-order valence-corrected chi connectivity index (χ0v) is 9.40. The number of hydrogen-bond acceptors (Lipinski definition) is 2. The first-order valence-corrected chi connectivity index (χ1v) is 4.71. The predicted octanol–water partition coefficient (Wildman–Crippen LogP) is 1.83. The Morgan fingerprint density at radius 2 is 2.31 bits per heavy atom. The van der Waals surface area contributed by atoms with Crippen LogP contribution < -0.4 is 5.32 Å². The molecule has 1 rings (SSSR count). The lowest BCUT2D eigenvalue weighted by molar-refractivity contribution is -0.117. The van der Waals surface area contributed by atoms with E-state index in [0.29, 0.717) is 5.82 Å². The second-order valence-corrected chi connectivity index (χ2v) is 5.35. The van der Waals surface area contributed by atoms with E-state index < -0.39 is 4.32 Å². The number of nitrogens with zero attached hydrogens (tertiary/aromatic N) is 1. The van der Waals surface area contributed by atoms with E-state index in [1.54, 1.807) is 19.9 Å². The van der Waals surface area contributed by atoms with E-state index in [-0.39, 0.29) is 5.91 Å². The van der Waals surface area contributed by atoms with Gasteiger partial charge in [0.1, 0.15) is 0 Å². The summed E-state index contributed by atoms with van der Waals surface area (Å²) in [6.45, 7) is 5.44. The molecule has 0 saturated heterocycles. The Hall–Kier alpha value is -0.840. The molecule has 1 aromatic rings. The molecule has 0 atom stereocenters. The van der Waals surface area contributed by atoms with Crippen LogP contribution in [0.15, 0.2) is 6.07 Å². The Balaban J connectivity index is 2.65. The molecule has 0 unspecified atom stereocenters. The molecular formula is C8H12BrN3O. The van der Waals surface area contributed by atoms with Crippen molar-refractivity contribution in [2.45, 2.75) is 25.1 Å². The Morgan fingerprint density at radius 3 is 2.69 bits per heavy atom. The molecule has 0 aliphatic heterocycles. The number of nitrogens with one attached hydrogen (secondary N) is 2. The summed E-state index contributed by atoms with van der Waals surface area (Å²) in [4.78, 5) is 11.4. The van der Waals surface area contributed by atoms with Gasteiger partial charge in [0.25, 0.3) is 0 Å². The highest BCUT2D eigenvalue weighted by molar-refractivity contribution is 9.10. The van der Waals surface area contributed by atoms with Crippen LogP contribution in [0, 0.1) is 6.92 Å². The average Bonchev–Trinajstić information content (AvgIpc) is 2.33. The van der Waals surface area contributed by atoms with Crippen molar-refractivity contribution in [2.24, 2.45) is 0 Å². The topological polar surface area (TPSA) is 57.8 Å². The molecule has 0 aliphatic rings. The largest absolute Gasteiger partial charge is 0.308 e. The summed E-state index contributed by atoms with van der Waals surface area (Å²) in [5, 5.41) is 9.31. The third-order valence-electron chi connectivity index (χ3n) is 1.49. The lowest BCUT2D eigenvalue weighted by atomic mass is 10.2. The van der Waals surface area contributed by atoms with E-state index in [1.807, 2.05) is 6.92 Å². The Morgan fingerprint density at radius 1 is 1.69 bits per heavy atom. The molecule has 1 heterocycles. The monoisotopic (exact) mass is 245 g/mol. The van der Waals surface area contributed by atoms with Gasteiger partial charge in [0.05, 0.1) is 4.32 Å². The quantitative estimate of drug-likeness (QED) is 0.782. The van der Waals surface area contributed by atoms with E-state index in [2.05, 4.69) is 31.4 Å². The van der Waals surface area contributed by atoms with Crippen molar-refractivity contribution in [1.29, 1.82) is 0 Å². The molecule has 0 spiro atoms. The van der Waals surface area contributed by atoms with E-state index in [1.165, 1.54) is 0 Å². The predicted molar refractivity (Wildman–Crippen MR) is 55.0 cm³/mol. The number of aromatic amines is 1. The van der Waals surface area contributed by atoms with Crippen LogP contribution in [0.3, 0.4) is 0 Å². The molecule has 0 aromatic carbocycles. The molecule has 2 N–H and O–H groups in total. The highest BCUT2D eigenvalue weighted by atomic mass is 79.9. The number of halogens is 1. The summed E-state index contributed by atoms with van der Waals surface area (Å²) in [7, 11) is 0. The van der Waals surface area contributed by atoms with Crippen LogP contribution in [-0.2, 0) is 4.79 Å². The Labute approximate surface area is 85.2 Å². The van der Waals surface area contributed by atoms with Crippen molar-refractivity contribution >= 4 is 27.7 Å². The van der Waals surface area contributed by atoms with Crippen LogP contribution in [0.4, 0.5) is 5.82 Å². The molecule has 0 bridgehead atoms. The van der Waals surface area contributed by atoms with E-state index in [9.17, 15) is 4.79 Å². The van der Waals surface area contributed by atoms with Gasteiger partial charge in [0, 0.05) is 11.8 Å². The first kappa shape index (κ1) is 10.2. The van der Waals surface area contributed by atoms with Crippen LogP contribution in [0.2, 0.25) is 0 Å². The Kier molecular flexibility index (Phi) is 2.75. The summed E-state index contributed by atoms with van der Waals surface area (Å²) in [6.07, 6.45) is 0. The van der Waals surface area contributed by atoms with Crippen molar-refractivity contribution in [2.75, 3.05) is 5.32 Å². The van der Waals surface area contributed by atoms with Gasteiger partial charge in [-0.05, 0) is 20.8 Å². The maximum atomic E-state index is 11.4. The van der Waals surface area contributed by atoms with Gasteiger partial charge in [0.15, 0.2) is 5.82 Å². The summed E-state index contributed by atoms with van der Waals surface area (Å²) in [6, 6.07) is 1.77. The molecule has 0 fully saturated rings. The molecule has 0 saturated carbocycles. The third-order valence-corrected chi connectivity index (χ3v) is 1.85. The molecule has 13 heavy (non-hydrogen) atoms. The van der Waals surface area contributed by atoms with Gasteiger partial charge < -0.3 is 5.32 Å². The van der Waals surface area contributed by atoms with Crippen LogP contribution in [0.25, 0.3) is 0 Å². The summed E-state index contributed by atoms with van der Waals surface area (Å²) in [5.74, 6) is 0.439. The van der Waals surface area contributed by atoms with Crippen molar-refractivity contribution in [3.05, 3.63) is 11.8 Å². The smallest absolute Gasteiger partial charge is 0.241 e. The maximum Gasteiger partial charge on any atom is 0.241 e. The van der Waals surface area contributed by atoms with Crippen molar-refractivity contribution in [1.82, 2.24) is 10.2 Å². The number of carbonyl (C=O) groups excluding carboxylic acids is 1. The number of aryl methyl sites for hydroxylation is 1. The van der Waals surface area contributed by atoms with Crippen LogP contribution in [0.1, 0.15) is 19.5 Å². The minimum Gasteiger partial charge on any atom is -0.308 e. The highest BCUT2D eigenvalue weighted by Gasteiger charge is 2.23. The zero-order valence-electron chi connectivity index (χ0n) is 7.81. The third kappa shape index (κ3) is 2.84. The summed E-state index contributed by atoms with van der Waals surface area (Å²) in [5.41, 5.74) is 0.919. The fourth-order valence-corrected chi connectivity index (χ4v) is 0.846. The molecule has 0 radical (unpaired) electrons. The number of anilines is 1. The molecule has 1 aromatic heterocycles. The molecule has 4 nitrogen and oxygen atoms in total.